The fourth-order valence-electron chi connectivity index (χ4n) is 1.35. The predicted molar refractivity (Wildman–Crippen MR) is 65.4 cm³/mol. The Morgan fingerprint density at radius 2 is 2.33 bits per heavy atom. The lowest BCUT2D eigenvalue weighted by Crippen LogP contribution is -2.15. The molecular formula is C10H14N2OS2. The molecule has 0 bridgehead atoms. The number of rotatable bonds is 3. The molecule has 0 saturated carbocycles. The second kappa shape index (κ2) is 4.61. The number of aromatic nitrogens is 2. The van der Waals surface area contributed by atoms with Crippen LogP contribution in [0.15, 0.2) is 9.95 Å². The molecule has 5 heteroatoms. The maximum atomic E-state index is 11.7. The first-order valence-corrected chi connectivity index (χ1v) is 7.13. The van der Waals surface area contributed by atoms with E-state index in [2.05, 4.69) is 23.8 Å². The van der Waals surface area contributed by atoms with Crippen molar-refractivity contribution in [1.29, 1.82) is 0 Å². The number of aromatic amines is 1. The van der Waals surface area contributed by atoms with Crippen molar-refractivity contribution in [2.24, 2.45) is 5.92 Å². The molecule has 1 N–H and O–H groups in total. The molecule has 1 aromatic rings. The van der Waals surface area contributed by atoms with Crippen LogP contribution < -0.4 is 5.56 Å². The third-order valence-corrected chi connectivity index (χ3v) is 4.39. The minimum absolute atomic E-state index is 0.0521. The van der Waals surface area contributed by atoms with Crippen LogP contribution in [-0.4, -0.2) is 15.7 Å². The summed E-state index contributed by atoms with van der Waals surface area (Å²) in [7, 11) is 0. The van der Waals surface area contributed by atoms with Gasteiger partial charge in [0.1, 0.15) is 0 Å². The highest BCUT2D eigenvalue weighted by molar-refractivity contribution is 7.99. The van der Waals surface area contributed by atoms with Crippen molar-refractivity contribution in [2.45, 2.75) is 30.5 Å². The Morgan fingerprint density at radius 3 is 3.07 bits per heavy atom. The zero-order valence-electron chi connectivity index (χ0n) is 8.87. The van der Waals surface area contributed by atoms with Crippen LogP contribution >= 0.6 is 23.5 Å². The largest absolute Gasteiger partial charge is 0.301 e. The van der Waals surface area contributed by atoms with Crippen molar-refractivity contribution in [1.82, 2.24) is 9.97 Å². The molecule has 0 saturated heterocycles. The van der Waals surface area contributed by atoms with E-state index in [0.717, 1.165) is 33.7 Å². The van der Waals surface area contributed by atoms with Crippen LogP contribution in [-0.2, 0) is 11.5 Å². The van der Waals surface area contributed by atoms with E-state index < -0.39 is 0 Å². The van der Waals surface area contributed by atoms with Crippen LogP contribution in [0.1, 0.15) is 25.1 Å². The SMILES string of the molecule is CC(C)CSc1nc2c(c(=O)[nH]1)CSC2. The molecule has 3 nitrogen and oxygen atoms in total. The number of thioether (sulfide) groups is 2. The number of nitrogens with zero attached hydrogens (tertiary/aromatic N) is 1. The van der Waals surface area contributed by atoms with Crippen molar-refractivity contribution < 1.29 is 0 Å². The molecule has 2 heterocycles. The van der Waals surface area contributed by atoms with Gasteiger partial charge < -0.3 is 4.98 Å². The number of fused-ring (bicyclic) bond motifs is 1. The van der Waals surface area contributed by atoms with Crippen LogP contribution in [0.5, 0.6) is 0 Å². The Morgan fingerprint density at radius 1 is 1.53 bits per heavy atom. The Balaban J connectivity index is 2.20. The van der Waals surface area contributed by atoms with Gasteiger partial charge in [-0.3, -0.25) is 4.79 Å². The molecule has 0 unspecified atom stereocenters. The van der Waals surface area contributed by atoms with Gasteiger partial charge in [0.15, 0.2) is 5.16 Å². The van der Waals surface area contributed by atoms with Gasteiger partial charge in [-0.15, -0.1) is 0 Å². The zero-order valence-corrected chi connectivity index (χ0v) is 10.5. The van der Waals surface area contributed by atoms with Gasteiger partial charge in [-0.05, 0) is 5.92 Å². The van der Waals surface area contributed by atoms with E-state index in [9.17, 15) is 4.79 Å². The van der Waals surface area contributed by atoms with Gasteiger partial charge in [0.25, 0.3) is 5.56 Å². The minimum Gasteiger partial charge on any atom is -0.301 e. The van der Waals surface area contributed by atoms with E-state index in [0.29, 0.717) is 5.92 Å². The molecule has 2 rings (SSSR count). The molecule has 1 aliphatic heterocycles. The molecule has 0 fully saturated rings. The van der Waals surface area contributed by atoms with Crippen LogP contribution in [0, 0.1) is 5.92 Å². The fourth-order valence-corrected chi connectivity index (χ4v) is 3.22. The van der Waals surface area contributed by atoms with E-state index in [4.69, 9.17) is 0 Å². The Labute approximate surface area is 97.5 Å². The molecule has 15 heavy (non-hydrogen) atoms. The first-order valence-electron chi connectivity index (χ1n) is 4.99. The fraction of sp³-hybridized carbons (Fsp3) is 0.600. The Hall–Kier alpha value is -0.420. The number of H-pyrrole nitrogens is 1. The predicted octanol–water partition coefficient (Wildman–Crippen LogP) is 2.26. The van der Waals surface area contributed by atoms with Gasteiger partial charge in [0.05, 0.1) is 5.69 Å². The highest BCUT2D eigenvalue weighted by Crippen LogP contribution is 2.26. The normalized spacial score (nSPS) is 14.6. The minimum atomic E-state index is 0.0521. The van der Waals surface area contributed by atoms with Gasteiger partial charge in [-0.25, -0.2) is 4.98 Å². The van der Waals surface area contributed by atoms with Crippen molar-refractivity contribution in [3.05, 3.63) is 21.6 Å². The van der Waals surface area contributed by atoms with Crippen LogP contribution in [0.3, 0.4) is 0 Å². The van der Waals surface area contributed by atoms with Gasteiger partial charge >= 0.3 is 0 Å². The van der Waals surface area contributed by atoms with Gasteiger partial charge in [-0.2, -0.15) is 11.8 Å². The van der Waals surface area contributed by atoms with E-state index in [1.54, 1.807) is 23.5 Å². The second-order valence-corrected chi connectivity index (χ2v) is 5.99. The molecule has 0 aromatic carbocycles. The summed E-state index contributed by atoms with van der Waals surface area (Å²) in [5.74, 6) is 3.30. The first-order chi connectivity index (χ1) is 7.16. The van der Waals surface area contributed by atoms with E-state index in [1.165, 1.54) is 0 Å². The monoisotopic (exact) mass is 242 g/mol. The first kappa shape index (κ1) is 11.1. The van der Waals surface area contributed by atoms with Crippen LogP contribution in [0.25, 0.3) is 0 Å². The van der Waals surface area contributed by atoms with Gasteiger partial charge in [0, 0.05) is 22.8 Å². The summed E-state index contributed by atoms with van der Waals surface area (Å²) in [6, 6.07) is 0. The average Bonchev–Trinajstić information content (AvgIpc) is 2.63. The summed E-state index contributed by atoms with van der Waals surface area (Å²) in [6.07, 6.45) is 0. The Bertz CT molecular complexity index is 414. The maximum absolute atomic E-state index is 11.7. The third-order valence-electron chi connectivity index (χ3n) is 2.12. The van der Waals surface area contributed by atoms with Crippen molar-refractivity contribution >= 4 is 23.5 Å². The summed E-state index contributed by atoms with van der Waals surface area (Å²) in [4.78, 5) is 19.0. The molecule has 0 aliphatic carbocycles. The summed E-state index contributed by atoms with van der Waals surface area (Å²) in [5, 5.41) is 0.773. The molecule has 1 aliphatic rings. The number of hydrogen-bond acceptors (Lipinski definition) is 4. The summed E-state index contributed by atoms with van der Waals surface area (Å²) < 4.78 is 0. The standard InChI is InChI=1S/C10H14N2OS2/c1-6(2)3-15-10-11-8-5-14-4-7(8)9(13)12-10/h6H,3-5H2,1-2H3,(H,11,12,13). The maximum Gasteiger partial charge on any atom is 0.255 e. The van der Waals surface area contributed by atoms with Crippen LogP contribution in [0.4, 0.5) is 0 Å². The third kappa shape index (κ3) is 2.58. The molecule has 0 amide bonds. The molecule has 0 spiro atoms. The Kier molecular flexibility index (Phi) is 3.41. The molecule has 0 radical (unpaired) electrons. The topological polar surface area (TPSA) is 45.8 Å². The molecule has 82 valence electrons. The van der Waals surface area contributed by atoms with E-state index in [-0.39, 0.29) is 5.56 Å². The lowest BCUT2D eigenvalue weighted by molar-refractivity contribution is 0.746. The van der Waals surface area contributed by atoms with Crippen molar-refractivity contribution in [3.63, 3.8) is 0 Å². The van der Waals surface area contributed by atoms with E-state index in [1.807, 2.05) is 0 Å². The van der Waals surface area contributed by atoms with Crippen LogP contribution in [0.2, 0.25) is 0 Å². The number of nitrogens with one attached hydrogen (secondary N) is 1. The van der Waals surface area contributed by atoms with Gasteiger partial charge in [0.2, 0.25) is 0 Å². The van der Waals surface area contributed by atoms with Gasteiger partial charge in [-0.1, -0.05) is 25.6 Å². The highest BCUT2D eigenvalue weighted by atomic mass is 32.2. The van der Waals surface area contributed by atoms with Crippen molar-refractivity contribution in [2.75, 3.05) is 5.75 Å². The number of hydrogen-bond donors (Lipinski definition) is 1. The molecule has 1 aromatic heterocycles. The zero-order chi connectivity index (χ0) is 10.8. The average molecular weight is 242 g/mol. The molecular weight excluding hydrogens is 228 g/mol. The van der Waals surface area contributed by atoms with E-state index >= 15 is 0 Å². The smallest absolute Gasteiger partial charge is 0.255 e. The lowest BCUT2D eigenvalue weighted by atomic mass is 10.3. The summed E-state index contributed by atoms with van der Waals surface area (Å²) >= 11 is 3.39. The van der Waals surface area contributed by atoms with Crippen molar-refractivity contribution in [3.8, 4) is 0 Å². The summed E-state index contributed by atoms with van der Waals surface area (Å²) in [6.45, 7) is 4.32. The summed E-state index contributed by atoms with van der Waals surface area (Å²) in [5.41, 5.74) is 1.90. The lowest BCUT2D eigenvalue weighted by Gasteiger charge is -2.04. The molecule has 0 atom stereocenters. The quantitative estimate of drug-likeness (QED) is 0.652. The second-order valence-electron chi connectivity index (χ2n) is 3.99. The highest BCUT2D eigenvalue weighted by Gasteiger charge is 2.17.